The van der Waals surface area contributed by atoms with E-state index in [-0.39, 0.29) is 29.5 Å². The van der Waals surface area contributed by atoms with Gasteiger partial charge < -0.3 is 9.32 Å². The Bertz CT molecular complexity index is 870. The third kappa shape index (κ3) is 5.97. The van der Waals surface area contributed by atoms with Crippen LogP contribution in [0.2, 0.25) is 0 Å². The number of halogens is 1. The van der Waals surface area contributed by atoms with E-state index in [4.69, 9.17) is 4.42 Å². The molecule has 2 atom stereocenters. The van der Waals surface area contributed by atoms with Crippen molar-refractivity contribution in [3.05, 3.63) is 58.8 Å². The third-order valence-corrected chi connectivity index (χ3v) is 6.24. The van der Waals surface area contributed by atoms with Crippen molar-refractivity contribution in [2.75, 3.05) is 26.2 Å². The summed E-state index contributed by atoms with van der Waals surface area (Å²) in [4.78, 5) is 17.3. The second-order valence-corrected chi connectivity index (χ2v) is 9.86. The Morgan fingerprint density at radius 2 is 1.94 bits per heavy atom. The Labute approximate surface area is 186 Å². The van der Waals surface area contributed by atoms with Crippen LogP contribution >= 0.6 is 0 Å². The number of hydrogen-bond donors (Lipinski definition) is 0. The molecule has 1 amide bonds. The number of nitrogens with zero attached hydrogens (tertiary/aromatic N) is 2. The number of amides is 1. The molecule has 0 radical (unpaired) electrons. The lowest BCUT2D eigenvalue weighted by atomic mass is 9.88. The Hall–Kier alpha value is -2.14. The summed E-state index contributed by atoms with van der Waals surface area (Å²) in [6.45, 7) is 16.1. The first-order valence-corrected chi connectivity index (χ1v) is 11.5. The molecule has 1 aromatic heterocycles. The molecule has 4 nitrogen and oxygen atoms in total. The van der Waals surface area contributed by atoms with Gasteiger partial charge in [0.05, 0.1) is 6.54 Å². The summed E-state index contributed by atoms with van der Waals surface area (Å²) in [6, 6.07) is 9.05. The van der Waals surface area contributed by atoms with Crippen molar-refractivity contribution in [3.63, 3.8) is 0 Å². The first-order valence-electron chi connectivity index (χ1n) is 11.5. The van der Waals surface area contributed by atoms with Crippen LogP contribution in [0.1, 0.15) is 56.3 Å². The zero-order valence-corrected chi connectivity index (χ0v) is 19.8. The molecule has 1 aliphatic rings. The van der Waals surface area contributed by atoms with Gasteiger partial charge in [0.2, 0.25) is 5.91 Å². The number of carbonyl (C=O) groups excluding carboxylic acids is 1. The van der Waals surface area contributed by atoms with Crippen LogP contribution in [0.25, 0.3) is 0 Å². The second-order valence-electron chi connectivity index (χ2n) is 9.86. The first-order chi connectivity index (χ1) is 14.6. The van der Waals surface area contributed by atoms with Gasteiger partial charge >= 0.3 is 0 Å². The van der Waals surface area contributed by atoms with Crippen molar-refractivity contribution in [2.45, 2.75) is 54.0 Å². The fourth-order valence-corrected chi connectivity index (χ4v) is 4.68. The van der Waals surface area contributed by atoms with Gasteiger partial charge in [-0.25, -0.2) is 4.39 Å². The number of rotatable bonds is 8. The van der Waals surface area contributed by atoms with Crippen LogP contribution in [0.4, 0.5) is 4.39 Å². The monoisotopic (exact) mass is 428 g/mol. The van der Waals surface area contributed by atoms with E-state index in [0.717, 1.165) is 48.8 Å². The Morgan fingerprint density at radius 1 is 1.19 bits per heavy atom. The molecular formula is C26H37FN2O2. The van der Waals surface area contributed by atoms with Crippen molar-refractivity contribution in [1.82, 2.24) is 9.80 Å². The van der Waals surface area contributed by atoms with Crippen LogP contribution < -0.4 is 0 Å². The molecule has 5 heteroatoms. The molecule has 1 aromatic carbocycles. The molecule has 1 fully saturated rings. The van der Waals surface area contributed by atoms with Crippen molar-refractivity contribution in [3.8, 4) is 0 Å². The molecule has 3 rings (SSSR count). The summed E-state index contributed by atoms with van der Waals surface area (Å²) in [5, 5.41) is 0. The number of likely N-dealkylation sites (tertiary alicyclic amines) is 1. The number of aryl methyl sites for hydroxylation is 2. The summed E-state index contributed by atoms with van der Waals surface area (Å²) < 4.78 is 19.9. The van der Waals surface area contributed by atoms with E-state index in [1.54, 1.807) is 12.1 Å². The Balaban J connectivity index is 1.83. The van der Waals surface area contributed by atoms with E-state index < -0.39 is 0 Å². The van der Waals surface area contributed by atoms with Gasteiger partial charge in [0.1, 0.15) is 17.3 Å². The lowest BCUT2D eigenvalue weighted by Gasteiger charge is -2.31. The van der Waals surface area contributed by atoms with E-state index in [1.807, 2.05) is 31.7 Å². The van der Waals surface area contributed by atoms with Crippen molar-refractivity contribution >= 4 is 5.91 Å². The third-order valence-electron chi connectivity index (χ3n) is 6.24. The summed E-state index contributed by atoms with van der Waals surface area (Å²) >= 11 is 0. The largest absolute Gasteiger partial charge is 0.465 e. The summed E-state index contributed by atoms with van der Waals surface area (Å²) in [5.41, 5.74) is 2.18. The van der Waals surface area contributed by atoms with Gasteiger partial charge in [0.15, 0.2) is 0 Å². The van der Waals surface area contributed by atoms with Gasteiger partial charge in [0, 0.05) is 38.0 Å². The smallest absolute Gasteiger partial charge is 0.225 e. The summed E-state index contributed by atoms with van der Waals surface area (Å²) in [5.74, 6) is 2.72. The van der Waals surface area contributed by atoms with Crippen molar-refractivity contribution < 1.29 is 13.6 Å². The normalized spacial score (nSPS) is 19.5. The maximum Gasteiger partial charge on any atom is 0.225 e. The molecule has 0 N–H and O–H groups in total. The number of benzene rings is 1. The molecule has 2 heterocycles. The highest BCUT2D eigenvalue weighted by atomic mass is 19.1. The number of carbonyl (C=O) groups is 1. The minimum absolute atomic E-state index is 0.0297. The summed E-state index contributed by atoms with van der Waals surface area (Å²) in [7, 11) is 0. The zero-order valence-electron chi connectivity index (χ0n) is 19.8. The maximum absolute atomic E-state index is 14.0. The summed E-state index contributed by atoms with van der Waals surface area (Å²) in [6.07, 6.45) is 0. The molecule has 31 heavy (non-hydrogen) atoms. The topological polar surface area (TPSA) is 36.7 Å². The quantitative estimate of drug-likeness (QED) is 0.565. The minimum atomic E-state index is -0.204. The molecule has 0 saturated carbocycles. The van der Waals surface area contributed by atoms with E-state index >= 15 is 0 Å². The van der Waals surface area contributed by atoms with Crippen LogP contribution in [0.15, 0.2) is 34.7 Å². The molecular weight excluding hydrogens is 391 g/mol. The number of furan rings is 1. The highest BCUT2D eigenvalue weighted by Crippen LogP contribution is 2.35. The van der Waals surface area contributed by atoms with Gasteiger partial charge in [-0.1, -0.05) is 39.8 Å². The lowest BCUT2D eigenvalue weighted by molar-refractivity contribution is -0.135. The molecule has 0 spiro atoms. The molecule has 2 aromatic rings. The van der Waals surface area contributed by atoms with Gasteiger partial charge in [-0.3, -0.25) is 9.69 Å². The molecule has 0 bridgehead atoms. The molecule has 0 unspecified atom stereocenters. The molecule has 1 saturated heterocycles. The van der Waals surface area contributed by atoms with Crippen LogP contribution in [0, 0.1) is 37.4 Å². The second kappa shape index (κ2) is 9.99. The lowest BCUT2D eigenvalue weighted by Crippen LogP contribution is -2.41. The first kappa shape index (κ1) is 23.5. The standard InChI is InChI=1S/C26H37FN2O2/c1-17(2)12-29(26(30)18(3)4)14-22-13-28(15-24-10-19(5)20(6)31-24)16-25(22)21-8-7-9-23(27)11-21/h7-11,17-18,22,25H,12-16H2,1-6H3/t22-,25-/m0/s1. The zero-order chi connectivity index (χ0) is 22.7. The average Bonchev–Trinajstić information content (AvgIpc) is 3.22. The van der Waals surface area contributed by atoms with Crippen molar-refractivity contribution in [2.24, 2.45) is 17.8 Å². The van der Waals surface area contributed by atoms with Gasteiger partial charge in [-0.15, -0.1) is 0 Å². The average molecular weight is 429 g/mol. The highest BCUT2D eigenvalue weighted by molar-refractivity contribution is 5.78. The van der Waals surface area contributed by atoms with Crippen LogP contribution in [-0.2, 0) is 11.3 Å². The maximum atomic E-state index is 14.0. The molecule has 0 aliphatic carbocycles. The minimum Gasteiger partial charge on any atom is -0.465 e. The SMILES string of the molecule is Cc1cc(CN2C[C@@H](CN(CC(C)C)C(=O)C(C)C)[C@H](c3cccc(F)c3)C2)oc1C. The highest BCUT2D eigenvalue weighted by Gasteiger charge is 2.36. The van der Waals surface area contributed by atoms with Crippen LogP contribution in [-0.4, -0.2) is 41.9 Å². The van der Waals surface area contributed by atoms with Crippen LogP contribution in [0.3, 0.4) is 0 Å². The predicted octanol–water partition coefficient (Wildman–Crippen LogP) is 5.39. The van der Waals surface area contributed by atoms with E-state index in [2.05, 4.69) is 31.7 Å². The predicted molar refractivity (Wildman–Crippen MR) is 122 cm³/mol. The number of hydrogen-bond acceptors (Lipinski definition) is 3. The van der Waals surface area contributed by atoms with Gasteiger partial charge in [-0.2, -0.15) is 0 Å². The molecule has 1 aliphatic heterocycles. The van der Waals surface area contributed by atoms with E-state index in [1.165, 1.54) is 6.07 Å². The molecule has 170 valence electrons. The van der Waals surface area contributed by atoms with Crippen LogP contribution in [0.5, 0.6) is 0 Å². The van der Waals surface area contributed by atoms with Crippen molar-refractivity contribution in [1.29, 1.82) is 0 Å². The van der Waals surface area contributed by atoms with E-state index in [9.17, 15) is 9.18 Å². The Morgan fingerprint density at radius 3 is 2.52 bits per heavy atom. The van der Waals surface area contributed by atoms with Gasteiger partial charge in [0.25, 0.3) is 0 Å². The Kier molecular flexibility index (Phi) is 7.58. The van der Waals surface area contributed by atoms with E-state index in [0.29, 0.717) is 12.5 Å². The fraction of sp³-hybridized carbons (Fsp3) is 0.577. The van der Waals surface area contributed by atoms with Gasteiger partial charge in [-0.05, 0) is 55.0 Å². The fourth-order valence-electron chi connectivity index (χ4n) is 4.68.